The second-order valence-corrected chi connectivity index (χ2v) is 7.99. The number of carbonyl (C=O) groups excluding carboxylic acids is 1. The maximum Gasteiger partial charge on any atom is 0.259 e. The van der Waals surface area contributed by atoms with Gasteiger partial charge in [0, 0.05) is 12.2 Å². The van der Waals surface area contributed by atoms with E-state index in [1.54, 1.807) is 31.4 Å². The molecule has 0 aliphatic heterocycles. The highest BCUT2D eigenvalue weighted by atomic mass is 16.5. The molecule has 5 aromatic rings. The van der Waals surface area contributed by atoms with Gasteiger partial charge in [-0.15, -0.1) is 0 Å². The number of fused-ring (bicyclic) bond motifs is 1. The number of furan rings is 1. The number of nitrogens with zero attached hydrogens (tertiary/aromatic N) is 4. The molecule has 0 spiro atoms. The van der Waals surface area contributed by atoms with Crippen LogP contribution in [0.4, 0.5) is 0 Å². The number of hydrogen-bond acceptors (Lipinski definition) is 6. The average molecular weight is 441 g/mol. The Morgan fingerprint density at radius 1 is 1.09 bits per heavy atom. The second kappa shape index (κ2) is 8.38. The summed E-state index contributed by atoms with van der Waals surface area (Å²) < 4.78 is 12.7. The Labute approximate surface area is 190 Å². The minimum Gasteiger partial charge on any atom is -0.463 e. The zero-order valence-corrected chi connectivity index (χ0v) is 18.6. The van der Waals surface area contributed by atoms with E-state index in [1.807, 2.05) is 36.7 Å². The van der Waals surface area contributed by atoms with Crippen molar-refractivity contribution >= 4 is 17.0 Å². The summed E-state index contributed by atoms with van der Waals surface area (Å²) in [5.74, 6) is 0.350. The number of aromatic nitrogens is 4. The molecule has 0 saturated heterocycles. The van der Waals surface area contributed by atoms with Crippen LogP contribution in [0, 0.1) is 20.8 Å². The van der Waals surface area contributed by atoms with Gasteiger partial charge >= 0.3 is 0 Å². The van der Waals surface area contributed by atoms with Crippen molar-refractivity contribution in [2.45, 2.75) is 27.2 Å². The molecule has 33 heavy (non-hydrogen) atoms. The first-order chi connectivity index (χ1) is 16.0. The average Bonchev–Trinajstić information content (AvgIpc) is 3.54. The Kier molecular flexibility index (Phi) is 5.26. The lowest BCUT2D eigenvalue weighted by Crippen LogP contribution is -2.26. The van der Waals surface area contributed by atoms with Crippen LogP contribution in [0.2, 0.25) is 0 Å². The van der Waals surface area contributed by atoms with Crippen LogP contribution in [0.1, 0.15) is 33.0 Å². The number of hydrogen-bond donors (Lipinski definition) is 1. The SMILES string of the molecule is Cc1cc(C)n(-c2ccc(CCNC(=O)c3cc(-c4ccco4)nc4onc(C)c34)cc2)n1. The summed E-state index contributed by atoms with van der Waals surface area (Å²) in [5.41, 5.74) is 6.13. The lowest BCUT2D eigenvalue weighted by atomic mass is 10.1. The van der Waals surface area contributed by atoms with Crippen LogP contribution in [-0.4, -0.2) is 32.4 Å². The molecule has 0 bridgehead atoms. The van der Waals surface area contributed by atoms with E-state index in [-0.39, 0.29) is 5.91 Å². The number of rotatable bonds is 6. The highest BCUT2D eigenvalue weighted by Gasteiger charge is 2.20. The van der Waals surface area contributed by atoms with Gasteiger partial charge in [0.2, 0.25) is 0 Å². The molecule has 1 amide bonds. The van der Waals surface area contributed by atoms with Crippen LogP contribution in [0.3, 0.4) is 0 Å². The molecule has 0 aliphatic rings. The molecule has 0 fully saturated rings. The molecule has 0 atom stereocenters. The Morgan fingerprint density at radius 3 is 2.61 bits per heavy atom. The van der Waals surface area contributed by atoms with Crippen molar-refractivity contribution in [3.05, 3.63) is 83.0 Å². The van der Waals surface area contributed by atoms with E-state index in [9.17, 15) is 4.79 Å². The first kappa shape index (κ1) is 20.7. The molecule has 1 N–H and O–H groups in total. The van der Waals surface area contributed by atoms with Crippen molar-refractivity contribution in [2.75, 3.05) is 6.54 Å². The molecular weight excluding hydrogens is 418 g/mol. The fraction of sp³-hybridized carbons (Fsp3) is 0.200. The van der Waals surface area contributed by atoms with Crippen LogP contribution in [-0.2, 0) is 6.42 Å². The van der Waals surface area contributed by atoms with E-state index in [4.69, 9.17) is 8.94 Å². The molecule has 166 valence electrons. The maximum atomic E-state index is 13.0. The smallest absolute Gasteiger partial charge is 0.259 e. The fourth-order valence-electron chi connectivity index (χ4n) is 3.93. The van der Waals surface area contributed by atoms with E-state index in [0.717, 1.165) is 22.6 Å². The normalized spacial score (nSPS) is 11.2. The van der Waals surface area contributed by atoms with Gasteiger partial charge in [-0.1, -0.05) is 17.3 Å². The first-order valence-electron chi connectivity index (χ1n) is 10.7. The monoisotopic (exact) mass is 441 g/mol. The summed E-state index contributed by atoms with van der Waals surface area (Å²) in [4.78, 5) is 17.5. The summed E-state index contributed by atoms with van der Waals surface area (Å²) in [6, 6.07) is 15.5. The van der Waals surface area contributed by atoms with E-state index in [0.29, 0.717) is 46.8 Å². The molecule has 4 heterocycles. The number of amides is 1. The lowest BCUT2D eigenvalue weighted by molar-refractivity contribution is 0.0955. The molecule has 0 radical (unpaired) electrons. The molecule has 0 aliphatic carbocycles. The maximum absolute atomic E-state index is 13.0. The van der Waals surface area contributed by atoms with Crippen LogP contribution < -0.4 is 5.32 Å². The molecule has 8 nitrogen and oxygen atoms in total. The largest absolute Gasteiger partial charge is 0.463 e. The third-order valence-electron chi connectivity index (χ3n) is 5.53. The van der Waals surface area contributed by atoms with E-state index < -0.39 is 0 Å². The van der Waals surface area contributed by atoms with Crippen LogP contribution >= 0.6 is 0 Å². The Balaban J connectivity index is 1.30. The summed E-state index contributed by atoms with van der Waals surface area (Å²) in [7, 11) is 0. The number of carbonyl (C=O) groups is 1. The Bertz CT molecular complexity index is 1430. The van der Waals surface area contributed by atoms with E-state index in [2.05, 4.69) is 32.7 Å². The van der Waals surface area contributed by atoms with Gasteiger partial charge in [-0.2, -0.15) is 5.10 Å². The molecule has 4 aromatic heterocycles. The summed E-state index contributed by atoms with van der Waals surface area (Å²) >= 11 is 0. The highest BCUT2D eigenvalue weighted by Crippen LogP contribution is 2.27. The summed E-state index contributed by atoms with van der Waals surface area (Å²) in [5, 5.41) is 12.1. The minimum absolute atomic E-state index is 0.208. The first-order valence-corrected chi connectivity index (χ1v) is 10.7. The molecule has 0 saturated carbocycles. The van der Waals surface area contributed by atoms with Crippen molar-refractivity contribution in [2.24, 2.45) is 0 Å². The number of aryl methyl sites for hydroxylation is 3. The zero-order chi connectivity index (χ0) is 22.9. The predicted octanol–water partition coefficient (Wildman–Crippen LogP) is 4.57. The van der Waals surface area contributed by atoms with Crippen LogP contribution in [0.5, 0.6) is 0 Å². The third-order valence-corrected chi connectivity index (χ3v) is 5.53. The standard InChI is InChI=1S/C25H23N5O3/c1-15-13-16(2)30(28-15)19-8-6-18(7-9-19)10-11-26-24(31)20-14-21(22-5-4-12-32-22)27-25-23(20)17(3)29-33-25/h4-9,12-14H,10-11H2,1-3H3,(H,26,31). The van der Waals surface area contributed by atoms with Gasteiger partial charge in [0.1, 0.15) is 5.69 Å². The van der Waals surface area contributed by atoms with E-state index >= 15 is 0 Å². The molecule has 5 rings (SSSR count). The van der Waals surface area contributed by atoms with Crippen molar-refractivity contribution in [1.29, 1.82) is 0 Å². The van der Waals surface area contributed by atoms with Crippen molar-refractivity contribution in [1.82, 2.24) is 25.2 Å². The minimum atomic E-state index is -0.208. The number of nitrogens with one attached hydrogen (secondary N) is 1. The summed E-state index contributed by atoms with van der Waals surface area (Å²) in [6.07, 6.45) is 2.26. The van der Waals surface area contributed by atoms with Gasteiger partial charge in [-0.3, -0.25) is 4.79 Å². The summed E-state index contributed by atoms with van der Waals surface area (Å²) in [6.45, 7) is 6.30. The van der Waals surface area contributed by atoms with E-state index in [1.165, 1.54) is 0 Å². The van der Waals surface area contributed by atoms with Gasteiger partial charge in [-0.25, -0.2) is 9.67 Å². The van der Waals surface area contributed by atoms with Crippen molar-refractivity contribution < 1.29 is 13.7 Å². The predicted molar refractivity (Wildman–Crippen MR) is 123 cm³/mol. The Morgan fingerprint density at radius 2 is 1.91 bits per heavy atom. The Hall–Kier alpha value is -4.20. The van der Waals surface area contributed by atoms with Crippen molar-refractivity contribution in [3.63, 3.8) is 0 Å². The lowest BCUT2D eigenvalue weighted by Gasteiger charge is -2.09. The van der Waals surface area contributed by atoms with Gasteiger partial charge in [0.05, 0.1) is 34.3 Å². The topological polar surface area (TPSA) is 99.0 Å². The van der Waals surface area contributed by atoms with Gasteiger partial charge in [-0.05, 0) is 69.2 Å². The molecule has 8 heteroatoms. The van der Waals surface area contributed by atoms with Crippen LogP contribution in [0.15, 0.2) is 63.7 Å². The van der Waals surface area contributed by atoms with Gasteiger partial charge < -0.3 is 14.3 Å². The van der Waals surface area contributed by atoms with Gasteiger partial charge in [0.25, 0.3) is 11.6 Å². The number of benzene rings is 1. The molecular formula is C25H23N5O3. The highest BCUT2D eigenvalue weighted by molar-refractivity contribution is 6.06. The molecule has 1 aromatic carbocycles. The van der Waals surface area contributed by atoms with Crippen LogP contribution in [0.25, 0.3) is 28.2 Å². The van der Waals surface area contributed by atoms with Gasteiger partial charge in [0.15, 0.2) is 5.76 Å². The molecule has 0 unspecified atom stereocenters. The third kappa shape index (κ3) is 4.03. The fourth-order valence-corrected chi connectivity index (χ4v) is 3.93. The zero-order valence-electron chi connectivity index (χ0n) is 18.6. The quantitative estimate of drug-likeness (QED) is 0.415. The second-order valence-electron chi connectivity index (χ2n) is 7.99. The number of pyridine rings is 1. The van der Waals surface area contributed by atoms with Crippen molar-refractivity contribution in [3.8, 4) is 17.1 Å².